The first-order valence-corrected chi connectivity index (χ1v) is 7.61. The molecule has 3 nitrogen and oxygen atoms in total. The van der Waals surface area contributed by atoms with Gasteiger partial charge in [-0.1, -0.05) is 43.7 Å². The quantitative estimate of drug-likeness (QED) is 0.920. The molecule has 1 saturated heterocycles. The predicted octanol–water partition coefficient (Wildman–Crippen LogP) is 3.01. The molecule has 1 aliphatic heterocycles. The van der Waals surface area contributed by atoms with Gasteiger partial charge in [-0.2, -0.15) is 0 Å². The van der Waals surface area contributed by atoms with Crippen molar-refractivity contribution in [3.8, 4) is 0 Å². The van der Waals surface area contributed by atoms with Crippen molar-refractivity contribution in [1.29, 1.82) is 0 Å². The van der Waals surface area contributed by atoms with Gasteiger partial charge in [-0.3, -0.25) is 9.69 Å². The number of hydrogen-bond acceptors (Lipinski definition) is 2. The summed E-state index contributed by atoms with van der Waals surface area (Å²) in [6, 6.07) is 10.5. The Labute approximate surface area is 120 Å². The average molecular weight is 273 g/mol. The summed E-state index contributed by atoms with van der Waals surface area (Å²) < 4.78 is 0. The predicted molar refractivity (Wildman–Crippen MR) is 78.3 cm³/mol. The highest BCUT2D eigenvalue weighted by Gasteiger charge is 2.54. The molecule has 3 atom stereocenters. The van der Waals surface area contributed by atoms with E-state index in [1.807, 2.05) is 6.07 Å². The lowest BCUT2D eigenvalue weighted by Gasteiger charge is -2.32. The van der Waals surface area contributed by atoms with Gasteiger partial charge in [0.05, 0.1) is 5.92 Å². The fourth-order valence-corrected chi connectivity index (χ4v) is 4.41. The number of likely N-dealkylation sites (tertiary alicyclic amines) is 1. The van der Waals surface area contributed by atoms with E-state index < -0.39 is 5.97 Å². The molecule has 1 spiro atoms. The maximum atomic E-state index is 11.6. The van der Waals surface area contributed by atoms with Gasteiger partial charge < -0.3 is 5.11 Å². The second-order valence-electron chi connectivity index (χ2n) is 6.57. The fourth-order valence-electron chi connectivity index (χ4n) is 4.41. The van der Waals surface area contributed by atoms with E-state index in [1.54, 1.807) is 0 Å². The lowest BCUT2D eigenvalue weighted by Crippen LogP contribution is -2.37. The van der Waals surface area contributed by atoms with Gasteiger partial charge in [0.25, 0.3) is 0 Å². The van der Waals surface area contributed by atoms with Crippen molar-refractivity contribution in [3.63, 3.8) is 0 Å². The molecule has 0 amide bonds. The zero-order valence-electron chi connectivity index (χ0n) is 12.1. The summed E-state index contributed by atoms with van der Waals surface area (Å²) in [5, 5.41) is 9.51. The van der Waals surface area contributed by atoms with Crippen LogP contribution >= 0.6 is 0 Å². The molecule has 2 fully saturated rings. The van der Waals surface area contributed by atoms with Crippen molar-refractivity contribution in [1.82, 2.24) is 4.90 Å². The van der Waals surface area contributed by atoms with Crippen LogP contribution in [0.5, 0.6) is 0 Å². The largest absolute Gasteiger partial charge is 0.481 e. The molecule has 1 aliphatic carbocycles. The first kappa shape index (κ1) is 13.6. The lowest BCUT2D eigenvalue weighted by molar-refractivity contribution is -0.146. The zero-order chi connectivity index (χ0) is 14.2. The Hall–Kier alpha value is -1.35. The maximum Gasteiger partial charge on any atom is 0.307 e. The third-order valence-corrected chi connectivity index (χ3v) is 5.41. The Kier molecular flexibility index (Phi) is 3.55. The van der Waals surface area contributed by atoms with Gasteiger partial charge in [0.1, 0.15) is 0 Å². The van der Waals surface area contributed by atoms with Crippen molar-refractivity contribution in [2.45, 2.75) is 32.7 Å². The van der Waals surface area contributed by atoms with E-state index in [-0.39, 0.29) is 11.3 Å². The van der Waals surface area contributed by atoms with Crippen LogP contribution in [0.2, 0.25) is 0 Å². The molecule has 1 heterocycles. The standard InChI is InChI=1S/C17H23NO2/c1-13-10-18(11-14-6-3-2-4-7-14)12-17(13)9-5-8-15(17)16(19)20/h2-4,6-7,13,15H,5,8-12H2,1H3,(H,19,20)/t13-,15+,17-/m1/s1. The van der Waals surface area contributed by atoms with E-state index in [2.05, 4.69) is 36.1 Å². The Morgan fingerprint density at radius 1 is 1.40 bits per heavy atom. The first-order chi connectivity index (χ1) is 9.62. The fraction of sp³-hybridized carbons (Fsp3) is 0.588. The monoisotopic (exact) mass is 273 g/mol. The van der Waals surface area contributed by atoms with Crippen LogP contribution in [0.15, 0.2) is 30.3 Å². The van der Waals surface area contributed by atoms with Crippen LogP contribution in [0.25, 0.3) is 0 Å². The van der Waals surface area contributed by atoms with E-state index >= 15 is 0 Å². The molecule has 1 N–H and O–H groups in total. The third kappa shape index (κ3) is 2.24. The van der Waals surface area contributed by atoms with Crippen LogP contribution in [-0.2, 0) is 11.3 Å². The number of carboxylic acids is 1. The molecule has 0 aromatic heterocycles. The van der Waals surface area contributed by atoms with E-state index in [1.165, 1.54) is 5.56 Å². The third-order valence-electron chi connectivity index (χ3n) is 5.41. The molecule has 3 rings (SSSR count). The van der Waals surface area contributed by atoms with Crippen LogP contribution < -0.4 is 0 Å². The number of rotatable bonds is 3. The number of carboxylic acid groups (broad SMARTS) is 1. The van der Waals surface area contributed by atoms with Gasteiger partial charge in [0.15, 0.2) is 0 Å². The number of nitrogens with zero attached hydrogens (tertiary/aromatic N) is 1. The SMILES string of the molecule is C[C@@H]1CN(Cc2ccccc2)C[C@]12CCC[C@H]2C(=O)O. The lowest BCUT2D eigenvalue weighted by atomic mass is 9.71. The van der Waals surface area contributed by atoms with Crippen molar-refractivity contribution < 1.29 is 9.90 Å². The molecule has 0 radical (unpaired) electrons. The van der Waals surface area contributed by atoms with Crippen molar-refractivity contribution in [3.05, 3.63) is 35.9 Å². The first-order valence-electron chi connectivity index (χ1n) is 7.61. The summed E-state index contributed by atoms with van der Waals surface area (Å²) in [6.45, 7) is 5.16. The van der Waals surface area contributed by atoms with Crippen LogP contribution in [0.4, 0.5) is 0 Å². The van der Waals surface area contributed by atoms with E-state index in [9.17, 15) is 9.90 Å². The van der Waals surface area contributed by atoms with Crippen LogP contribution in [-0.4, -0.2) is 29.1 Å². The van der Waals surface area contributed by atoms with Gasteiger partial charge >= 0.3 is 5.97 Å². The normalized spacial score (nSPS) is 33.9. The summed E-state index contributed by atoms with van der Waals surface area (Å²) in [7, 11) is 0. The van der Waals surface area contributed by atoms with Gasteiger partial charge in [-0.15, -0.1) is 0 Å². The van der Waals surface area contributed by atoms with Crippen molar-refractivity contribution >= 4 is 5.97 Å². The van der Waals surface area contributed by atoms with Gasteiger partial charge in [0, 0.05) is 25.0 Å². The highest BCUT2D eigenvalue weighted by Crippen LogP contribution is 2.53. The Morgan fingerprint density at radius 2 is 2.15 bits per heavy atom. The molecule has 3 heteroatoms. The molecule has 1 aromatic carbocycles. The molecular formula is C17H23NO2. The summed E-state index contributed by atoms with van der Waals surface area (Å²) >= 11 is 0. The number of aliphatic carboxylic acids is 1. The molecule has 20 heavy (non-hydrogen) atoms. The summed E-state index contributed by atoms with van der Waals surface area (Å²) in [6.07, 6.45) is 3.01. The Balaban J connectivity index is 1.75. The van der Waals surface area contributed by atoms with Crippen LogP contribution in [0.1, 0.15) is 31.7 Å². The van der Waals surface area contributed by atoms with Gasteiger partial charge in [-0.05, 0) is 24.3 Å². The second kappa shape index (κ2) is 5.21. The topological polar surface area (TPSA) is 40.5 Å². The molecule has 0 unspecified atom stereocenters. The number of carbonyl (C=O) groups is 1. The van der Waals surface area contributed by atoms with Crippen LogP contribution in [0, 0.1) is 17.3 Å². The van der Waals surface area contributed by atoms with Crippen molar-refractivity contribution in [2.75, 3.05) is 13.1 Å². The minimum atomic E-state index is -0.587. The highest BCUT2D eigenvalue weighted by atomic mass is 16.4. The van der Waals surface area contributed by atoms with Gasteiger partial charge in [-0.25, -0.2) is 0 Å². The van der Waals surface area contributed by atoms with Crippen molar-refractivity contribution in [2.24, 2.45) is 17.3 Å². The maximum absolute atomic E-state index is 11.6. The second-order valence-corrected chi connectivity index (χ2v) is 6.57. The Bertz CT molecular complexity index is 487. The van der Waals surface area contributed by atoms with E-state index in [0.29, 0.717) is 5.92 Å². The molecular weight excluding hydrogens is 250 g/mol. The molecule has 1 aromatic rings. The number of hydrogen-bond donors (Lipinski definition) is 1. The summed E-state index contributed by atoms with van der Waals surface area (Å²) in [5.74, 6) is -0.246. The molecule has 1 saturated carbocycles. The van der Waals surface area contributed by atoms with Gasteiger partial charge in [0.2, 0.25) is 0 Å². The summed E-state index contributed by atoms with van der Waals surface area (Å²) in [5.41, 5.74) is 1.34. The molecule has 0 bridgehead atoms. The zero-order valence-corrected chi connectivity index (χ0v) is 12.1. The smallest absolute Gasteiger partial charge is 0.307 e. The minimum Gasteiger partial charge on any atom is -0.481 e. The minimum absolute atomic E-state index is 0.0145. The Morgan fingerprint density at radius 3 is 2.85 bits per heavy atom. The van der Waals surface area contributed by atoms with E-state index in [4.69, 9.17) is 0 Å². The average Bonchev–Trinajstić information content (AvgIpc) is 2.97. The summed E-state index contributed by atoms with van der Waals surface area (Å²) in [4.78, 5) is 14.0. The number of benzene rings is 1. The van der Waals surface area contributed by atoms with Crippen LogP contribution in [0.3, 0.4) is 0 Å². The molecule has 2 aliphatic rings. The van der Waals surface area contributed by atoms with E-state index in [0.717, 1.165) is 38.9 Å². The highest BCUT2D eigenvalue weighted by molar-refractivity contribution is 5.71. The molecule has 108 valence electrons.